The molecule has 0 aliphatic heterocycles. The molecule has 0 unspecified atom stereocenters. The Balaban J connectivity index is 1.30. The van der Waals surface area contributed by atoms with Crippen LogP contribution in [0.5, 0.6) is 11.5 Å². The summed E-state index contributed by atoms with van der Waals surface area (Å²) in [7, 11) is 1.67. The molecule has 6 heteroatoms. The number of methoxy groups -OCH3 is 1. The van der Waals surface area contributed by atoms with Crippen LogP contribution in [0.25, 0.3) is 6.08 Å². The Kier molecular flexibility index (Phi) is 7.71. The van der Waals surface area contributed by atoms with Gasteiger partial charge in [-0.1, -0.05) is 36.4 Å². The smallest absolute Gasteiger partial charge is 0.255 e. The lowest BCUT2D eigenvalue weighted by molar-refractivity contribution is 0.102. The molecule has 3 aromatic rings. The largest absolute Gasteiger partial charge is 0.493 e. The van der Waals surface area contributed by atoms with E-state index in [9.17, 15) is 4.79 Å². The van der Waals surface area contributed by atoms with Crippen LogP contribution in [0.3, 0.4) is 0 Å². The van der Waals surface area contributed by atoms with Gasteiger partial charge in [0, 0.05) is 23.9 Å². The lowest BCUT2D eigenvalue weighted by atomic mass is 10.1. The van der Waals surface area contributed by atoms with E-state index in [1.54, 1.807) is 31.4 Å². The summed E-state index contributed by atoms with van der Waals surface area (Å²) in [5.74, 6) is 1.35. The van der Waals surface area contributed by atoms with Gasteiger partial charge in [0.1, 0.15) is 0 Å². The molecule has 0 heterocycles. The van der Waals surface area contributed by atoms with E-state index in [-0.39, 0.29) is 12.0 Å². The van der Waals surface area contributed by atoms with Gasteiger partial charge >= 0.3 is 0 Å². The van der Waals surface area contributed by atoms with E-state index >= 15 is 0 Å². The molecule has 0 radical (unpaired) electrons. The number of para-hydroxylation sites is 2. The van der Waals surface area contributed by atoms with Crippen molar-refractivity contribution in [3.8, 4) is 11.5 Å². The van der Waals surface area contributed by atoms with Crippen LogP contribution >= 0.6 is 0 Å². The van der Waals surface area contributed by atoms with E-state index in [1.807, 2.05) is 54.6 Å². The summed E-state index contributed by atoms with van der Waals surface area (Å²) in [5, 5.41) is 6.24. The lowest BCUT2D eigenvalue weighted by Crippen LogP contribution is -2.12. The van der Waals surface area contributed by atoms with Crippen molar-refractivity contribution in [2.45, 2.75) is 31.8 Å². The number of nitrogens with two attached hydrogens (primary N) is 1. The molecule has 4 rings (SSSR count). The molecular formula is C28H31N3O3. The Labute approximate surface area is 200 Å². The van der Waals surface area contributed by atoms with Crippen molar-refractivity contribution in [2.24, 2.45) is 0 Å². The molecule has 1 saturated carbocycles. The zero-order valence-electron chi connectivity index (χ0n) is 19.4. The van der Waals surface area contributed by atoms with Crippen molar-refractivity contribution in [1.82, 2.24) is 0 Å². The quantitative estimate of drug-likeness (QED) is 0.344. The topological polar surface area (TPSA) is 85.6 Å². The second-order valence-electron chi connectivity index (χ2n) is 8.34. The van der Waals surface area contributed by atoms with E-state index in [2.05, 4.69) is 10.6 Å². The van der Waals surface area contributed by atoms with Gasteiger partial charge in [0.05, 0.1) is 24.6 Å². The molecule has 4 N–H and O–H groups in total. The number of nitrogens with one attached hydrogen (secondary N) is 2. The van der Waals surface area contributed by atoms with Crippen LogP contribution in [0.1, 0.15) is 41.6 Å². The highest BCUT2D eigenvalue weighted by Gasteiger charge is 2.18. The number of anilines is 3. The first-order valence-corrected chi connectivity index (χ1v) is 11.6. The van der Waals surface area contributed by atoms with Crippen LogP contribution in [0.4, 0.5) is 17.1 Å². The van der Waals surface area contributed by atoms with Crippen LogP contribution in [-0.4, -0.2) is 25.7 Å². The zero-order valence-corrected chi connectivity index (χ0v) is 19.4. The predicted octanol–water partition coefficient (Wildman–Crippen LogP) is 5.98. The highest BCUT2D eigenvalue weighted by Crippen LogP contribution is 2.33. The highest BCUT2D eigenvalue weighted by molar-refractivity contribution is 6.05. The molecule has 0 saturated heterocycles. The first-order chi connectivity index (χ1) is 16.6. The van der Waals surface area contributed by atoms with Crippen molar-refractivity contribution in [3.05, 3.63) is 83.9 Å². The number of amides is 1. The van der Waals surface area contributed by atoms with E-state index in [4.69, 9.17) is 15.2 Å². The van der Waals surface area contributed by atoms with Gasteiger partial charge < -0.3 is 25.8 Å². The predicted molar refractivity (Wildman–Crippen MR) is 139 cm³/mol. The highest BCUT2D eigenvalue weighted by atomic mass is 16.5. The van der Waals surface area contributed by atoms with Crippen molar-refractivity contribution in [2.75, 3.05) is 30.0 Å². The molecule has 1 amide bonds. The van der Waals surface area contributed by atoms with Crippen LogP contribution in [-0.2, 0) is 0 Å². The SMILES string of the molecule is COc1ccc(NCC=Cc2ccc(C(=O)Nc3ccccc3N)cc2)cc1OC1CCCC1. The number of nitrogen functional groups attached to an aromatic ring is 1. The first-order valence-electron chi connectivity index (χ1n) is 11.6. The minimum Gasteiger partial charge on any atom is -0.493 e. The molecule has 0 atom stereocenters. The molecule has 176 valence electrons. The van der Waals surface area contributed by atoms with Gasteiger partial charge in [-0.05, 0) is 67.6 Å². The Morgan fingerprint density at radius 2 is 1.79 bits per heavy atom. The minimum absolute atomic E-state index is 0.190. The van der Waals surface area contributed by atoms with Crippen molar-refractivity contribution in [3.63, 3.8) is 0 Å². The molecule has 1 aliphatic carbocycles. The number of rotatable bonds is 9. The molecule has 0 aromatic heterocycles. The van der Waals surface area contributed by atoms with Gasteiger partial charge in [-0.25, -0.2) is 0 Å². The molecule has 3 aromatic carbocycles. The summed E-state index contributed by atoms with van der Waals surface area (Å²) in [5.41, 5.74) is 9.61. The molecule has 0 spiro atoms. The van der Waals surface area contributed by atoms with Crippen LogP contribution < -0.4 is 25.8 Å². The Morgan fingerprint density at radius 3 is 2.53 bits per heavy atom. The van der Waals surface area contributed by atoms with Gasteiger partial charge in [-0.3, -0.25) is 4.79 Å². The van der Waals surface area contributed by atoms with E-state index in [0.717, 1.165) is 35.6 Å². The normalized spacial score (nSPS) is 13.7. The molecule has 1 aliphatic rings. The van der Waals surface area contributed by atoms with Gasteiger partial charge in [0.2, 0.25) is 0 Å². The summed E-state index contributed by atoms with van der Waals surface area (Å²) < 4.78 is 11.6. The molecule has 34 heavy (non-hydrogen) atoms. The summed E-state index contributed by atoms with van der Waals surface area (Å²) in [4.78, 5) is 12.5. The van der Waals surface area contributed by atoms with Crippen LogP contribution in [0, 0.1) is 0 Å². The van der Waals surface area contributed by atoms with Gasteiger partial charge in [0.25, 0.3) is 5.91 Å². The Hall–Kier alpha value is -3.93. The number of benzene rings is 3. The van der Waals surface area contributed by atoms with E-state index in [0.29, 0.717) is 23.5 Å². The first kappa shape index (κ1) is 23.2. The molecule has 6 nitrogen and oxygen atoms in total. The number of carbonyl (C=O) groups excluding carboxylic acids is 1. The zero-order chi connectivity index (χ0) is 23.8. The third kappa shape index (κ3) is 6.10. The minimum atomic E-state index is -0.190. The fraction of sp³-hybridized carbons (Fsp3) is 0.250. The number of ether oxygens (including phenoxy) is 2. The van der Waals surface area contributed by atoms with E-state index in [1.165, 1.54) is 12.8 Å². The molecule has 1 fully saturated rings. The number of hydrogen-bond donors (Lipinski definition) is 3. The maximum absolute atomic E-state index is 12.5. The van der Waals surface area contributed by atoms with Gasteiger partial charge in [0.15, 0.2) is 11.5 Å². The Bertz CT molecular complexity index is 1140. The lowest BCUT2D eigenvalue weighted by Gasteiger charge is -2.17. The fourth-order valence-corrected chi connectivity index (χ4v) is 3.99. The van der Waals surface area contributed by atoms with E-state index < -0.39 is 0 Å². The maximum atomic E-state index is 12.5. The molecular weight excluding hydrogens is 426 g/mol. The maximum Gasteiger partial charge on any atom is 0.255 e. The summed E-state index contributed by atoms with van der Waals surface area (Å²) >= 11 is 0. The fourth-order valence-electron chi connectivity index (χ4n) is 3.99. The second kappa shape index (κ2) is 11.3. The van der Waals surface area contributed by atoms with Crippen molar-refractivity contribution >= 4 is 29.0 Å². The third-order valence-electron chi connectivity index (χ3n) is 5.88. The van der Waals surface area contributed by atoms with Gasteiger partial charge in [-0.15, -0.1) is 0 Å². The molecule has 0 bridgehead atoms. The third-order valence-corrected chi connectivity index (χ3v) is 5.88. The summed E-state index contributed by atoms with van der Waals surface area (Å²) in [6, 6.07) is 20.6. The monoisotopic (exact) mass is 457 g/mol. The number of hydrogen-bond acceptors (Lipinski definition) is 5. The van der Waals surface area contributed by atoms with Crippen LogP contribution in [0.15, 0.2) is 72.8 Å². The van der Waals surface area contributed by atoms with Crippen LogP contribution in [0.2, 0.25) is 0 Å². The summed E-state index contributed by atoms with van der Waals surface area (Å²) in [6.45, 7) is 0.657. The van der Waals surface area contributed by atoms with Gasteiger partial charge in [-0.2, -0.15) is 0 Å². The standard InChI is InChI=1S/C28H31N3O3/c1-33-26-17-16-22(19-27(26)34-23-8-2-3-9-23)30-18-6-7-20-12-14-21(15-13-20)28(32)31-25-11-5-4-10-24(25)29/h4-7,10-17,19,23,30H,2-3,8-9,18,29H2,1H3,(H,31,32). The Morgan fingerprint density at radius 1 is 1.03 bits per heavy atom. The van der Waals surface area contributed by atoms with Crippen molar-refractivity contribution in [1.29, 1.82) is 0 Å². The average molecular weight is 458 g/mol. The average Bonchev–Trinajstić information content (AvgIpc) is 3.37. The van der Waals surface area contributed by atoms with Crippen molar-refractivity contribution < 1.29 is 14.3 Å². The second-order valence-corrected chi connectivity index (χ2v) is 8.34. The number of carbonyl (C=O) groups is 1. The summed E-state index contributed by atoms with van der Waals surface area (Å²) in [6.07, 6.45) is 8.99.